The Morgan fingerprint density at radius 2 is 2.03 bits per heavy atom. The summed E-state index contributed by atoms with van der Waals surface area (Å²) < 4.78 is 50.0. The monoisotopic (exact) mass is 439 g/mol. The number of amides is 1. The van der Waals surface area contributed by atoms with Crippen molar-refractivity contribution in [3.63, 3.8) is 0 Å². The van der Waals surface area contributed by atoms with E-state index in [4.69, 9.17) is 16.3 Å². The maximum Gasteiger partial charge on any atom is 0.387 e. The van der Waals surface area contributed by atoms with Crippen LogP contribution in [-0.2, 0) is 6.54 Å². The summed E-state index contributed by atoms with van der Waals surface area (Å²) in [4.78, 5) is 12.5. The lowest BCUT2D eigenvalue weighted by Gasteiger charge is -2.12. The predicted molar refractivity (Wildman–Crippen MR) is 105 cm³/mol. The van der Waals surface area contributed by atoms with Gasteiger partial charge in [0, 0.05) is 28.4 Å². The van der Waals surface area contributed by atoms with Crippen LogP contribution >= 0.6 is 11.6 Å². The van der Waals surface area contributed by atoms with Gasteiger partial charge in [-0.3, -0.25) is 9.48 Å². The maximum absolute atomic E-state index is 13.9. The zero-order valence-electron chi connectivity index (χ0n) is 15.7. The number of carbonyl (C=O) groups excluding carboxylic acids is 1. The normalized spacial score (nSPS) is 10.9. The van der Waals surface area contributed by atoms with Gasteiger partial charge >= 0.3 is 6.61 Å². The molecule has 0 bridgehead atoms. The molecule has 0 atom stereocenters. The molecular formula is C20H17ClF3N3O3. The number of halogens is 4. The molecule has 3 rings (SSSR count). The van der Waals surface area contributed by atoms with E-state index in [1.54, 1.807) is 19.2 Å². The number of hydrogen-bond acceptors (Lipinski definition) is 4. The quantitative estimate of drug-likeness (QED) is 0.538. The van der Waals surface area contributed by atoms with Crippen molar-refractivity contribution in [2.24, 2.45) is 0 Å². The number of nitrogens with one attached hydrogen (secondary N) is 1. The van der Waals surface area contributed by atoms with Crippen molar-refractivity contribution in [2.75, 3.05) is 11.9 Å². The Hall–Kier alpha value is -3.20. The number of benzene rings is 2. The first-order valence-corrected chi connectivity index (χ1v) is 9.24. The van der Waals surface area contributed by atoms with Crippen LogP contribution in [0.4, 0.5) is 19.0 Å². The molecule has 6 nitrogen and oxygen atoms in total. The molecular weight excluding hydrogens is 423 g/mol. The molecule has 0 spiro atoms. The van der Waals surface area contributed by atoms with E-state index in [1.807, 2.05) is 0 Å². The zero-order chi connectivity index (χ0) is 21.7. The number of ether oxygens (including phenoxy) is 2. The van der Waals surface area contributed by atoms with Crippen LogP contribution in [0.1, 0.15) is 22.8 Å². The topological polar surface area (TPSA) is 65.4 Å². The Kier molecular flexibility index (Phi) is 6.83. The van der Waals surface area contributed by atoms with Gasteiger partial charge in [0.2, 0.25) is 0 Å². The molecule has 0 radical (unpaired) electrons. The van der Waals surface area contributed by atoms with Gasteiger partial charge in [0.1, 0.15) is 5.82 Å². The molecule has 158 valence electrons. The first kappa shape index (κ1) is 21.5. The van der Waals surface area contributed by atoms with E-state index in [0.717, 1.165) is 0 Å². The van der Waals surface area contributed by atoms with E-state index in [0.29, 0.717) is 0 Å². The summed E-state index contributed by atoms with van der Waals surface area (Å²) in [7, 11) is 0. The van der Waals surface area contributed by atoms with Gasteiger partial charge in [-0.05, 0) is 37.3 Å². The highest BCUT2D eigenvalue weighted by atomic mass is 35.5. The molecule has 0 aliphatic carbocycles. The molecule has 10 heteroatoms. The number of alkyl halides is 2. The first-order valence-electron chi connectivity index (χ1n) is 8.86. The number of aromatic nitrogens is 2. The van der Waals surface area contributed by atoms with Crippen molar-refractivity contribution in [1.29, 1.82) is 0 Å². The van der Waals surface area contributed by atoms with Crippen molar-refractivity contribution in [3.8, 4) is 11.5 Å². The van der Waals surface area contributed by atoms with Gasteiger partial charge in [0.05, 0.1) is 13.2 Å². The van der Waals surface area contributed by atoms with Gasteiger partial charge in [-0.25, -0.2) is 4.39 Å². The van der Waals surface area contributed by atoms with Crippen LogP contribution in [0.15, 0.2) is 48.7 Å². The van der Waals surface area contributed by atoms with E-state index < -0.39 is 18.3 Å². The Balaban J connectivity index is 1.73. The van der Waals surface area contributed by atoms with E-state index in [2.05, 4.69) is 15.2 Å². The lowest BCUT2D eigenvalue weighted by Crippen LogP contribution is -2.14. The molecule has 1 N–H and O–H groups in total. The number of hydrogen-bond donors (Lipinski definition) is 1. The fraction of sp³-hybridized carbons (Fsp3) is 0.200. The smallest absolute Gasteiger partial charge is 0.387 e. The second-order valence-electron chi connectivity index (χ2n) is 6.03. The van der Waals surface area contributed by atoms with Gasteiger partial charge in [0.15, 0.2) is 17.3 Å². The standard InChI is InChI=1S/C20H17ClF3N3O3/c1-2-29-17-10-12(6-7-16(17)30-20(23)24)19(28)25-18-8-9-27(26-18)11-13-14(21)4-3-5-15(13)22/h3-10,20H,2,11H2,1H3,(H,25,26,28). The van der Waals surface area contributed by atoms with E-state index in [1.165, 1.54) is 41.1 Å². The minimum absolute atomic E-state index is 0.0187. The lowest BCUT2D eigenvalue weighted by atomic mass is 10.2. The number of anilines is 1. The second-order valence-corrected chi connectivity index (χ2v) is 6.43. The SMILES string of the molecule is CCOc1cc(C(=O)Nc2ccn(Cc3c(F)cccc3Cl)n2)ccc1OC(F)F. The van der Waals surface area contributed by atoms with Crippen molar-refractivity contribution >= 4 is 23.3 Å². The number of rotatable bonds is 8. The summed E-state index contributed by atoms with van der Waals surface area (Å²) in [6, 6.07) is 9.76. The molecule has 0 saturated heterocycles. The van der Waals surface area contributed by atoms with Crippen molar-refractivity contribution in [2.45, 2.75) is 20.1 Å². The van der Waals surface area contributed by atoms with Crippen molar-refractivity contribution < 1.29 is 27.4 Å². The second kappa shape index (κ2) is 9.53. The third-order valence-electron chi connectivity index (χ3n) is 3.99. The first-order chi connectivity index (χ1) is 14.4. The Labute approximate surface area is 175 Å². The van der Waals surface area contributed by atoms with Crippen LogP contribution in [0, 0.1) is 5.82 Å². The summed E-state index contributed by atoms with van der Waals surface area (Å²) >= 11 is 6.02. The average Bonchev–Trinajstić information content (AvgIpc) is 3.13. The maximum atomic E-state index is 13.9. The van der Waals surface area contributed by atoms with Gasteiger partial charge in [-0.1, -0.05) is 17.7 Å². The third-order valence-corrected chi connectivity index (χ3v) is 4.34. The summed E-state index contributed by atoms with van der Waals surface area (Å²) in [5.41, 5.74) is 0.433. The van der Waals surface area contributed by atoms with Crippen molar-refractivity contribution in [3.05, 3.63) is 70.6 Å². The molecule has 1 heterocycles. The summed E-state index contributed by atoms with van der Waals surface area (Å²) in [6.45, 7) is -1.06. The van der Waals surface area contributed by atoms with Gasteiger partial charge in [-0.15, -0.1) is 0 Å². The van der Waals surface area contributed by atoms with Gasteiger partial charge in [0.25, 0.3) is 5.91 Å². The Morgan fingerprint density at radius 3 is 2.73 bits per heavy atom. The summed E-state index contributed by atoms with van der Waals surface area (Å²) in [5.74, 6) is -0.926. The molecule has 0 unspecified atom stereocenters. The molecule has 2 aromatic carbocycles. The van der Waals surface area contributed by atoms with Gasteiger partial charge in [-0.2, -0.15) is 13.9 Å². The van der Waals surface area contributed by atoms with Crippen LogP contribution in [0.3, 0.4) is 0 Å². The van der Waals surface area contributed by atoms with Crippen LogP contribution < -0.4 is 14.8 Å². The van der Waals surface area contributed by atoms with Crippen LogP contribution in [0.2, 0.25) is 5.02 Å². The Bertz CT molecular complexity index is 1020. The van der Waals surface area contributed by atoms with Gasteiger partial charge < -0.3 is 14.8 Å². The highest BCUT2D eigenvalue weighted by molar-refractivity contribution is 6.31. The fourth-order valence-corrected chi connectivity index (χ4v) is 2.88. The lowest BCUT2D eigenvalue weighted by molar-refractivity contribution is -0.0514. The minimum Gasteiger partial charge on any atom is -0.490 e. The average molecular weight is 440 g/mol. The number of carbonyl (C=O) groups is 1. The molecule has 1 aromatic heterocycles. The van der Waals surface area contributed by atoms with Crippen molar-refractivity contribution in [1.82, 2.24) is 9.78 Å². The van der Waals surface area contributed by atoms with E-state index in [9.17, 15) is 18.0 Å². The van der Waals surface area contributed by atoms with E-state index in [-0.39, 0.29) is 46.6 Å². The number of nitrogens with zero attached hydrogens (tertiary/aromatic N) is 2. The fourth-order valence-electron chi connectivity index (χ4n) is 2.66. The molecule has 0 fully saturated rings. The Morgan fingerprint density at radius 1 is 1.23 bits per heavy atom. The summed E-state index contributed by atoms with van der Waals surface area (Å²) in [5, 5.41) is 7.02. The minimum atomic E-state index is -3.02. The molecule has 0 aliphatic rings. The molecule has 0 aliphatic heterocycles. The van der Waals surface area contributed by atoms with E-state index >= 15 is 0 Å². The predicted octanol–water partition coefficient (Wildman–Crippen LogP) is 4.98. The molecule has 30 heavy (non-hydrogen) atoms. The third kappa shape index (κ3) is 5.24. The zero-order valence-corrected chi connectivity index (χ0v) is 16.5. The molecule has 0 saturated carbocycles. The largest absolute Gasteiger partial charge is 0.490 e. The van der Waals surface area contributed by atoms with Crippen LogP contribution in [0.25, 0.3) is 0 Å². The molecule has 3 aromatic rings. The summed E-state index contributed by atoms with van der Waals surface area (Å²) in [6.07, 6.45) is 1.56. The highest BCUT2D eigenvalue weighted by Crippen LogP contribution is 2.30. The van der Waals surface area contributed by atoms with Crippen LogP contribution in [0.5, 0.6) is 11.5 Å². The van der Waals surface area contributed by atoms with Crippen LogP contribution in [-0.4, -0.2) is 28.9 Å². The molecule has 1 amide bonds. The highest BCUT2D eigenvalue weighted by Gasteiger charge is 2.16.